The Balaban J connectivity index is 2.08. The molecule has 0 bridgehead atoms. The Bertz CT molecular complexity index is 354. The van der Waals surface area contributed by atoms with Crippen LogP contribution in [0.2, 0.25) is 0 Å². The topological polar surface area (TPSA) is 87.2 Å². The molecule has 0 aromatic carbocycles. The molecule has 0 aliphatic carbocycles. The molecule has 1 aromatic rings. The number of hydrogen-bond donors (Lipinski definition) is 0. The lowest BCUT2D eigenvalue weighted by atomic mass is 10.1. The molecular formula is C11H20N4O3. The highest BCUT2D eigenvalue weighted by atomic mass is 16.7. The SMILES string of the molecule is CCCCCCCCC[n+]1cc([N-][N+](=O)[O-])on1. The van der Waals surface area contributed by atoms with Crippen LogP contribution in [-0.2, 0) is 6.54 Å². The number of aryl methyl sites for hydroxylation is 1. The summed E-state index contributed by atoms with van der Waals surface area (Å²) in [6.45, 7) is 2.92. The van der Waals surface area contributed by atoms with Gasteiger partial charge in [0.15, 0.2) is 17.7 Å². The lowest BCUT2D eigenvalue weighted by molar-refractivity contribution is -0.762. The van der Waals surface area contributed by atoms with Crippen LogP contribution in [0.3, 0.4) is 0 Å². The van der Waals surface area contributed by atoms with E-state index in [1.807, 2.05) is 0 Å². The number of unbranched alkanes of at least 4 members (excludes halogenated alkanes) is 6. The van der Waals surface area contributed by atoms with E-state index in [0.717, 1.165) is 12.8 Å². The summed E-state index contributed by atoms with van der Waals surface area (Å²) in [5.41, 5.74) is 3.03. The number of nitro groups is 1. The predicted octanol–water partition coefficient (Wildman–Crippen LogP) is 2.91. The van der Waals surface area contributed by atoms with Crippen molar-refractivity contribution in [2.24, 2.45) is 0 Å². The molecule has 0 spiro atoms. The maximum atomic E-state index is 10.1. The summed E-state index contributed by atoms with van der Waals surface area (Å²) in [5, 5.41) is 13.0. The first-order valence-electron chi connectivity index (χ1n) is 6.45. The smallest absolute Gasteiger partial charge is 0.227 e. The van der Waals surface area contributed by atoms with Gasteiger partial charge in [0.1, 0.15) is 0 Å². The van der Waals surface area contributed by atoms with Gasteiger partial charge in [0.2, 0.25) is 6.20 Å². The normalized spacial score (nSPS) is 10.5. The zero-order chi connectivity index (χ0) is 13.2. The Kier molecular flexibility index (Phi) is 6.75. The molecule has 0 aliphatic heterocycles. The van der Waals surface area contributed by atoms with Crippen molar-refractivity contribution in [2.45, 2.75) is 58.4 Å². The molecule has 0 saturated heterocycles. The Hall–Kier alpha value is -1.66. The highest BCUT2D eigenvalue weighted by Gasteiger charge is 2.07. The monoisotopic (exact) mass is 256 g/mol. The van der Waals surface area contributed by atoms with E-state index in [-0.39, 0.29) is 5.88 Å². The molecule has 7 heteroatoms. The first kappa shape index (κ1) is 14.4. The third-order valence-corrected chi connectivity index (χ3v) is 2.67. The molecule has 1 rings (SSSR count). The molecule has 1 heterocycles. The third kappa shape index (κ3) is 6.17. The van der Waals surface area contributed by atoms with E-state index in [0.29, 0.717) is 6.54 Å². The van der Waals surface area contributed by atoms with Gasteiger partial charge in [-0.15, -0.1) is 0 Å². The zero-order valence-corrected chi connectivity index (χ0v) is 10.7. The van der Waals surface area contributed by atoms with Gasteiger partial charge < -0.3 is 9.95 Å². The van der Waals surface area contributed by atoms with Crippen LogP contribution >= 0.6 is 0 Å². The van der Waals surface area contributed by atoms with Gasteiger partial charge in [-0.25, -0.2) is 0 Å². The summed E-state index contributed by atoms with van der Waals surface area (Å²) in [6, 6.07) is 0. The van der Waals surface area contributed by atoms with Gasteiger partial charge >= 0.3 is 0 Å². The van der Waals surface area contributed by atoms with E-state index in [2.05, 4.69) is 17.6 Å². The molecule has 0 atom stereocenters. The third-order valence-electron chi connectivity index (χ3n) is 2.67. The van der Waals surface area contributed by atoms with Crippen LogP contribution in [0.15, 0.2) is 10.7 Å². The van der Waals surface area contributed by atoms with Gasteiger partial charge in [-0.3, -0.25) is 10.1 Å². The quantitative estimate of drug-likeness (QED) is 0.279. The summed E-state index contributed by atoms with van der Waals surface area (Å²) < 4.78 is 6.24. The molecule has 1 aromatic heterocycles. The highest BCUT2D eigenvalue weighted by Crippen LogP contribution is 2.13. The fourth-order valence-electron chi connectivity index (χ4n) is 1.73. The number of aromatic nitrogens is 2. The summed E-state index contributed by atoms with van der Waals surface area (Å²) in [7, 11) is 0. The molecule has 102 valence electrons. The van der Waals surface area contributed by atoms with Gasteiger partial charge in [0.25, 0.3) is 0 Å². The van der Waals surface area contributed by atoms with Crippen LogP contribution in [0.25, 0.3) is 5.43 Å². The summed E-state index contributed by atoms with van der Waals surface area (Å²) in [5.74, 6) is -0.0667. The largest absolute Gasteiger partial charge is 0.320 e. The fraction of sp³-hybridized carbons (Fsp3) is 0.818. The average molecular weight is 256 g/mol. The van der Waals surface area contributed by atoms with Crippen molar-refractivity contribution in [1.82, 2.24) is 5.27 Å². The first-order chi connectivity index (χ1) is 8.72. The van der Waals surface area contributed by atoms with Gasteiger partial charge in [0, 0.05) is 6.42 Å². The van der Waals surface area contributed by atoms with E-state index in [1.165, 1.54) is 38.3 Å². The van der Waals surface area contributed by atoms with Gasteiger partial charge in [-0.2, -0.15) is 0 Å². The maximum Gasteiger partial charge on any atom is 0.227 e. The molecule has 0 radical (unpaired) electrons. The molecule has 0 amide bonds. The summed E-state index contributed by atoms with van der Waals surface area (Å²) in [6.07, 6.45) is 9.97. The Labute approximate surface area is 106 Å². The van der Waals surface area contributed by atoms with Crippen molar-refractivity contribution in [3.05, 3.63) is 21.7 Å². The lowest BCUT2D eigenvalue weighted by Gasteiger charge is -1.98. The highest BCUT2D eigenvalue weighted by molar-refractivity contribution is 5.24. The maximum absolute atomic E-state index is 10.1. The van der Waals surface area contributed by atoms with Crippen LogP contribution in [0, 0.1) is 10.1 Å². The minimum Gasteiger partial charge on any atom is -0.320 e. The van der Waals surface area contributed by atoms with Crippen molar-refractivity contribution in [3.63, 3.8) is 0 Å². The summed E-state index contributed by atoms with van der Waals surface area (Å²) >= 11 is 0. The van der Waals surface area contributed by atoms with Crippen molar-refractivity contribution in [3.8, 4) is 0 Å². The van der Waals surface area contributed by atoms with Crippen LogP contribution in [0.1, 0.15) is 51.9 Å². The molecule has 18 heavy (non-hydrogen) atoms. The Morgan fingerprint density at radius 1 is 1.33 bits per heavy atom. The molecule has 0 aliphatic rings. The average Bonchev–Trinajstić information content (AvgIpc) is 2.75. The predicted molar refractivity (Wildman–Crippen MR) is 64.7 cm³/mol. The van der Waals surface area contributed by atoms with Crippen LogP contribution in [0.5, 0.6) is 0 Å². The minimum absolute atomic E-state index is 0.0667. The standard InChI is InChI=1S/C11H20N4O3/c1-2-3-4-5-6-7-8-9-14-10-11(18-13-14)12-15(16)17/h10H,2-9H2,1H3. The molecular weight excluding hydrogens is 236 g/mol. The van der Waals surface area contributed by atoms with Crippen molar-refractivity contribution >= 4 is 5.88 Å². The Morgan fingerprint density at radius 3 is 2.67 bits per heavy atom. The molecule has 0 fully saturated rings. The van der Waals surface area contributed by atoms with Crippen LogP contribution < -0.4 is 4.68 Å². The van der Waals surface area contributed by atoms with Gasteiger partial charge in [0.05, 0.1) is 0 Å². The van der Waals surface area contributed by atoms with E-state index >= 15 is 0 Å². The molecule has 0 saturated carbocycles. The number of hydrogen-bond acceptors (Lipinski definition) is 4. The van der Waals surface area contributed by atoms with Crippen molar-refractivity contribution in [1.29, 1.82) is 0 Å². The van der Waals surface area contributed by atoms with E-state index in [9.17, 15) is 10.1 Å². The van der Waals surface area contributed by atoms with E-state index < -0.39 is 5.03 Å². The molecule has 0 N–H and O–H groups in total. The molecule has 7 nitrogen and oxygen atoms in total. The van der Waals surface area contributed by atoms with Crippen LogP contribution in [0.4, 0.5) is 5.88 Å². The van der Waals surface area contributed by atoms with Crippen molar-refractivity contribution < 1.29 is 14.2 Å². The van der Waals surface area contributed by atoms with Gasteiger partial charge in [-0.1, -0.05) is 43.7 Å². The van der Waals surface area contributed by atoms with Crippen molar-refractivity contribution in [2.75, 3.05) is 0 Å². The second-order valence-corrected chi connectivity index (χ2v) is 4.26. The number of nitrogens with zero attached hydrogens (tertiary/aromatic N) is 4. The lowest BCUT2D eigenvalue weighted by Crippen LogP contribution is -2.34. The Morgan fingerprint density at radius 2 is 2.00 bits per heavy atom. The number of rotatable bonds is 10. The van der Waals surface area contributed by atoms with Crippen LogP contribution in [-0.4, -0.2) is 10.3 Å². The van der Waals surface area contributed by atoms with E-state index in [4.69, 9.17) is 4.52 Å². The summed E-state index contributed by atoms with van der Waals surface area (Å²) in [4.78, 5) is 10.1. The van der Waals surface area contributed by atoms with Gasteiger partial charge in [-0.05, 0) is 11.5 Å². The zero-order valence-electron chi connectivity index (χ0n) is 10.7. The fourth-order valence-corrected chi connectivity index (χ4v) is 1.73. The second kappa shape index (κ2) is 8.43. The molecule has 0 unspecified atom stereocenters. The first-order valence-corrected chi connectivity index (χ1v) is 6.45. The minimum atomic E-state index is -0.793. The second-order valence-electron chi connectivity index (χ2n) is 4.26. The van der Waals surface area contributed by atoms with E-state index in [1.54, 1.807) is 4.68 Å².